The first kappa shape index (κ1) is 12.6. The van der Waals surface area contributed by atoms with Crippen molar-refractivity contribution in [2.24, 2.45) is 0 Å². The highest BCUT2D eigenvalue weighted by Crippen LogP contribution is 2.26. The van der Waals surface area contributed by atoms with Crippen LogP contribution in [0, 0.1) is 6.92 Å². The maximum atomic E-state index is 4.41. The number of aryl methyl sites for hydroxylation is 1. The molecule has 1 unspecified atom stereocenters. The van der Waals surface area contributed by atoms with E-state index in [-0.39, 0.29) is 6.04 Å². The highest BCUT2D eigenvalue weighted by Gasteiger charge is 2.10. The summed E-state index contributed by atoms with van der Waals surface area (Å²) < 4.78 is 0. The molecule has 1 heterocycles. The van der Waals surface area contributed by atoms with Crippen LogP contribution in [0.3, 0.4) is 0 Å². The predicted octanol–water partition coefficient (Wildman–Crippen LogP) is 4.11. The van der Waals surface area contributed by atoms with Gasteiger partial charge in [-0.15, -0.1) is 0 Å². The van der Waals surface area contributed by atoms with Gasteiger partial charge in [-0.2, -0.15) is 0 Å². The molecule has 0 spiro atoms. The Morgan fingerprint density at radius 3 is 2.55 bits per heavy atom. The number of nitrogens with zero attached hydrogens (tertiary/aromatic N) is 2. The summed E-state index contributed by atoms with van der Waals surface area (Å²) in [6, 6.07) is 16.7. The highest BCUT2D eigenvalue weighted by molar-refractivity contribution is 5.91. The number of rotatable bonds is 3. The van der Waals surface area contributed by atoms with E-state index in [1.807, 2.05) is 18.2 Å². The third kappa shape index (κ3) is 2.35. The first-order valence-corrected chi connectivity index (χ1v) is 6.77. The van der Waals surface area contributed by atoms with E-state index in [4.69, 9.17) is 0 Å². The molecule has 0 saturated carbocycles. The number of hydrogen-bond acceptors (Lipinski definition) is 3. The summed E-state index contributed by atoms with van der Waals surface area (Å²) in [6.07, 6.45) is 1.61. The molecule has 2 aromatic carbocycles. The normalized spacial score (nSPS) is 12.3. The third-order valence-corrected chi connectivity index (χ3v) is 3.52. The lowest BCUT2D eigenvalue weighted by molar-refractivity contribution is 0.875. The molecule has 0 fully saturated rings. The van der Waals surface area contributed by atoms with Crippen LogP contribution in [0.5, 0.6) is 0 Å². The van der Waals surface area contributed by atoms with Crippen molar-refractivity contribution in [1.29, 1.82) is 0 Å². The monoisotopic (exact) mass is 263 g/mol. The molecule has 0 aliphatic heterocycles. The molecule has 0 aliphatic carbocycles. The zero-order valence-corrected chi connectivity index (χ0v) is 11.7. The minimum Gasteiger partial charge on any atom is -0.363 e. The first-order valence-electron chi connectivity index (χ1n) is 6.77. The van der Waals surface area contributed by atoms with Gasteiger partial charge in [-0.25, -0.2) is 9.97 Å². The number of fused-ring (bicyclic) bond motifs is 1. The van der Waals surface area contributed by atoms with Gasteiger partial charge in [0.05, 0.1) is 5.52 Å². The lowest BCUT2D eigenvalue weighted by Gasteiger charge is -2.16. The lowest BCUT2D eigenvalue weighted by Crippen LogP contribution is -2.08. The van der Waals surface area contributed by atoms with Gasteiger partial charge in [0.15, 0.2) is 0 Å². The number of anilines is 1. The molecule has 1 atom stereocenters. The topological polar surface area (TPSA) is 37.8 Å². The Kier molecular flexibility index (Phi) is 3.33. The van der Waals surface area contributed by atoms with Gasteiger partial charge in [0.25, 0.3) is 0 Å². The predicted molar refractivity (Wildman–Crippen MR) is 82.8 cm³/mol. The number of benzene rings is 2. The Hall–Kier alpha value is -2.42. The standard InChI is InChI=1S/C17H17N3/c1-12-7-6-10-15-16(12)17(19-11-18-15)20-13(2)14-8-4-3-5-9-14/h3-11,13H,1-2H3,(H,18,19,20). The van der Waals surface area contributed by atoms with Gasteiger partial charge >= 0.3 is 0 Å². The fourth-order valence-electron chi connectivity index (χ4n) is 2.42. The Morgan fingerprint density at radius 2 is 1.75 bits per heavy atom. The second-order valence-electron chi connectivity index (χ2n) is 4.97. The Morgan fingerprint density at radius 1 is 0.950 bits per heavy atom. The van der Waals surface area contributed by atoms with E-state index in [0.717, 1.165) is 16.7 Å². The van der Waals surface area contributed by atoms with Crippen molar-refractivity contribution in [2.45, 2.75) is 19.9 Å². The quantitative estimate of drug-likeness (QED) is 0.772. The number of hydrogen-bond donors (Lipinski definition) is 1. The van der Waals surface area contributed by atoms with Gasteiger partial charge in [-0.3, -0.25) is 0 Å². The summed E-state index contributed by atoms with van der Waals surface area (Å²) in [6.45, 7) is 4.23. The van der Waals surface area contributed by atoms with E-state index in [9.17, 15) is 0 Å². The van der Waals surface area contributed by atoms with E-state index >= 15 is 0 Å². The van der Waals surface area contributed by atoms with Crippen LogP contribution in [0.15, 0.2) is 54.9 Å². The van der Waals surface area contributed by atoms with Gasteiger partial charge < -0.3 is 5.32 Å². The van der Waals surface area contributed by atoms with Gasteiger partial charge in [0.1, 0.15) is 12.1 Å². The summed E-state index contributed by atoms with van der Waals surface area (Å²) in [5.41, 5.74) is 3.40. The lowest BCUT2D eigenvalue weighted by atomic mass is 10.1. The maximum Gasteiger partial charge on any atom is 0.138 e. The van der Waals surface area contributed by atoms with E-state index in [1.54, 1.807) is 6.33 Å². The second-order valence-corrected chi connectivity index (χ2v) is 4.97. The Balaban J connectivity index is 1.99. The fourth-order valence-corrected chi connectivity index (χ4v) is 2.42. The average Bonchev–Trinajstić information content (AvgIpc) is 2.48. The van der Waals surface area contributed by atoms with Gasteiger partial charge in [0, 0.05) is 11.4 Å². The Labute approximate surface area is 118 Å². The average molecular weight is 263 g/mol. The van der Waals surface area contributed by atoms with Crippen molar-refractivity contribution in [1.82, 2.24) is 9.97 Å². The molecule has 0 bridgehead atoms. The molecule has 3 rings (SSSR count). The summed E-state index contributed by atoms with van der Waals surface area (Å²) in [5.74, 6) is 0.893. The second kappa shape index (κ2) is 5.29. The SMILES string of the molecule is Cc1cccc2ncnc(NC(C)c3ccccc3)c12. The summed E-state index contributed by atoms with van der Waals surface area (Å²) >= 11 is 0. The van der Waals surface area contributed by atoms with Crippen molar-refractivity contribution in [2.75, 3.05) is 5.32 Å². The molecular weight excluding hydrogens is 246 g/mol. The molecule has 100 valence electrons. The van der Waals surface area contributed by atoms with Crippen LogP contribution in [-0.4, -0.2) is 9.97 Å². The van der Waals surface area contributed by atoms with Crippen LogP contribution in [0.1, 0.15) is 24.1 Å². The molecule has 0 aliphatic rings. The van der Waals surface area contributed by atoms with Crippen LogP contribution < -0.4 is 5.32 Å². The molecule has 1 aromatic heterocycles. The summed E-state index contributed by atoms with van der Waals surface area (Å²) in [5, 5.41) is 4.59. The fraction of sp³-hybridized carbons (Fsp3) is 0.176. The smallest absolute Gasteiger partial charge is 0.138 e. The minimum atomic E-state index is 0.203. The maximum absolute atomic E-state index is 4.41. The molecule has 0 amide bonds. The summed E-state index contributed by atoms with van der Waals surface area (Å²) in [4.78, 5) is 8.74. The zero-order chi connectivity index (χ0) is 13.9. The van der Waals surface area contributed by atoms with Crippen molar-refractivity contribution < 1.29 is 0 Å². The molecule has 0 saturated heterocycles. The van der Waals surface area contributed by atoms with Crippen molar-refractivity contribution in [3.05, 3.63) is 66.0 Å². The van der Waals surface area contributed by atoms with Gasteiger partial charge in [-0.05, 0) is 31.0 Å². The van der Waals surface area contributed by atoms with Crippen LogP contribution in [0.2, 0.25) is 0 Å². The summed E-state index contributed by atoms with van der Waals surface area (Å²) in [7, 11) is 0. The Bertz CT molecular complexity index is 717. The molecule has 3 nitrogen and oxygen atoms in total. The van der Waals surface area contributed by atoms with Crippen molar-refractivity contribution in [3.8, 4) is 0 Å². The van der Waals surface area contributed by atoms with E-state index in [0.29, 0.717) is 0 Å². The highest BCUT2D eigenvalue weighted by atomic mass is 15.0. The van der Waals surface area contributed by atoms with Gasteiger partial charge in [0.2, 0.25) is 0 Å². The first-order chi connectivity index (χ1) is 9.75. The minimum absolute atomic E-state index is 0.203. The third-order valence-electron chi connectivity index (χ3n) is 3.52. The molecule has 1 N–H and O–H groups in total. The van der Waals surface area contributed by atoms with Crippen LogP contribution in [0.25, 0.3) is 10.9 Å². The number of aromatic nitrogens is 2. The molecule has 3 heteroatoms. The van der Waals surface area contributed by atoms with Crippen molar-refractivity contribution >= 4 is 16.7 Å². The van der Waals surface area contributed by atoms with Crippen LogP contribution in [0.4, 0.5) is 5.82 Å². The molecule has 20 heavy (non-hydrogen) atoms. The van der Waals surface area contributed by atoms with E-state index in [1.165, 1.54) is 11.1 Å². The van der Waals surface area contributed by atoms with Crippen molar-refractivity contribution in [3.63, 3.8) is 0 Å². The van der Waals surface area contributed by atoms with Gasteiger partial charge in [-0.1, -0.05) is 42.5 Å². The van der Waals surface area contributed by atoms with E-state index < -0.39 is 0 Å². The van der Waals surface area contributed by atoms with Crippen LogP contribution in [-0.2, 0) is 0 Å². The van der Waals surface area contributed by atoms with E-state index in [2.05, 4.69) is 59.5 Å². The molecular formula is C17H17N3. The zero-order valence-electron chi connectivity index (χ0n) is 11.7. The number of nitrogens with one attached hydrogen (secondary N) is 1. The van der Waals surface area contributed by atoms with Crippen LogP contribution >= 0.6 is 0 Å². The largest absolute Gasteiger partial charge is 0.363 e. The molecule has 3 aromatic rings. The molecule has 0 radical (unpaired) electrons.